The molecule has 33 heavy (non-hydrogen) atoms. The maximum atomic E-state index is 13.4. The lowest BCUT2D eigenvalue weighted by Crippen LogP contribution is -2.29. The summed E-state index contributed by atoms with van der Waals surface area (Å²) in [7, 11) is 0. The van der Waals surface area contributed by atoms with E-state index >= 15 is 0 Å². The number of aromatic nitrogens is 2. The van der Waals surface area contributed by atoms with E-state index in [1.807, 2.05) is 48.5 Å². The normalized spacial score (nSPS) is 16.0. The number of carbonyl (C=O) groups is 2. The highest BCUT2D eigenvalue weighted by Crippen LogP contribution is 2.39. The molecular formula is C28H28N2O3. The molecule has 1 aliphatic rings. The molecule has 168 valence electrons. The van der Waals surface area contributed by atoms with Crippen LogP contribution in [0.3, 0.4) is 0 Å². The first kappa shape index (κ1) is 21.4. The van der Waals surface area contributed by atoms with E-state index in [9.17, 15) is 9.59 Å². The summed E-state index contributed by atoms with van der Waals surface area (Å²) in [6.45, 7) is 6.44. The van der Waals surface area contributed by atoms with Crippen LogP contribution in [0, 0.1) is 11.3 Å². The highest BCUT2D eigenvalue weighted by molar-refractivity contribution is 6.10. The quantitative estimate of drug-likeness (QED) is 0.316. The molecule has 0 saturated carbocycles. The van der Waals surface area contributed by atoms with Gasteiger partial charge in [-0.25, -0.2) is 4.79 Å². The van der Waals surface area contributed by atoms with Gasteiger partial charge >= 0.3 is 5.97 Å². The molecule has 5 rings (SSSR count). The van der Waals surface area contributed by atoms with Crippen LogP contribution >= 0.6 is 0 Å². The first-order valence-corrected chi connectivity index (χ1v) is 11.5. The number of Topliss-reactive ketones (excluding diaryl/α,β-unsaturated/α-hetero) is 1. The molecule has 5 nitrogen and oxygen atoms in total. The third-order valence-electron chi connectivity index (χ3n) is 6.91. The fourth-order valence-corrected chi connectivity index (χ4v) is 4.94. The van der Waals surface area contributed by atoms with Crippen molar-refractivity contribution < 1.29 is 14.3 Å². The second kappa shape index (κ2) is 8.14. The number of nitrogens with zero attached hydrogens (tertiary/aromatic N) is 1. The molecule has 0 aliphatic heterocycles. The number of aryl methyl sites for hydroxylation is 1. The van der Waals surface area contributed by atoms with Crippen molar-refractivity contribution in [3.8, 4) is 0 Å². The van der Waals surface area contributed by atoms with Crippen LogP contribution in [0.2, 0.25) is 0 Å². The molecule has 0 fully saturated rings. The van der Waals surface area contributed by atoms with Crippen molar-refractivity contribution >= 4 is 33.6 Å². The number of ether oxygens (including phenoxy) is 1. The van der Waals surface area contributed by atoms with Gasteiger partial charge in [-0.3, -0.25) is 9.78 Å². The number of para-hydroxylation sites is 2. The lowest BCUT2D eigenvalue weighted by atomic mass is 9.70. The number of carbonyl (C=O) groups excluding carboxylic acids is 2. The van der Waals surface area contributed by atoms with Crippen LogP contribution in [0.15, 0.2) is 54.7 Å². The SMILES string of the molecule is CC(C)(C)C1CCc2nc3ccccc3c(C(=O)OCC(=O)c3c[nH]c4ccccc34)c2C1. The Morgan fingerprint density at radius 3 is 2.58 bits per heavy atom. The van der Waals surface area contributed by atoms with Gasteiger partial charge in [0.1, 0.15) is 0 Å². The molecule has 0 spiro atoms. The second-order valence-corrected chi connectivity index (χ2v) is 9.98. The van der Waals surface area contributed by atoms with Crippen molar-refractivity contribution in [1.82, 2.24) is 9.97 Å². The van der Waals surface area contributed by atoms with E-state index < -0.39 is 5.97 Å². The van der Waals surface area contributed by atoms with Crippen LogP contribution in [-0.2, 0) is 17.6 Å². The van der Waals surface area contributed by atoms with Crippen LogP contribution < -0.4 is 0 Å². The summed E-state index contributed by atoms with van der Waals surface area (Å²) in [5, 5.41) is 1.62. The molecule has 2 aromatic heterocycles. The Bertz CT molecular complexity index is 1380. The van der Waals surface area contributed by atoms with Gasteiger partial charge in [0.25, 0.3) is 0 Å². The molecule has 2 aromatic carbocycles. The Hall–Kier alpha value is -3.47. The third kappa shape index (κ3) is 3.92. The summed E-state index contributed by atoms with van der Waals surface area (Å²) in [5.41, 5.74) is 4.86. The fourth-order valence-electron chi connectivity index (χ4n) is 4.94. The number of hydrogen-bond acceptors (Lipinski definition) is 4. The van der Waals surface area contributed by atoms with Crippen LogP contribution in [0.25, 0.3) is 21.8 Å². The van der Waals surface area contributed by atoms with Gasteiger partial charge in [-0.05, 0) is 48.3 Å². The van der Waals surface area contributed by atoms with Gasteiger partial charge < -0.3 is 9.72 Å². The van der Waals surface area contributed by atoms with E-state index in [2.05, 4.69) is 25.8 Å². The number of pyridine rings is 1. The van der Waals surface area contributed by atoms with Crippen molar-refractivity contribution in [2.75, 3.05) is 6.61 Å². The number of ketones is 1. The van der Waals surface area contributed by atoms with E-state index in [1.54, 1.807) is 6.20 Å². The maximum Gasteiger partial charge on any atom is 0.339 e. The smallest absolute Gasteiger partial charge is 0.339 e. The predicted molar refractivity (Wildman–Crippen MR) is 130 cm³/mol. The third-order valence-corrected chi connectivity index (χ3v) is 6.91. The monoisotopic (exact) mass is 440 g/mol. The number of nitrogens with one attached hydrogen (secondary N) is 1. The van der Waals surface area contributed by atoms with E-state index in [0.717, 1.165) is 52.3 Å². The topological polar surface area (TPSA) is 72.0 Å². The fraction of sp³-hybridized carbons (Fsp3) is 0.321. The molecular weight excluding hydrogens is 412 g/mol. The van der Waals surface area contributed by atoms with E-state index in [0.29, 0.717) is 17.0 Å². The minimum absolute atomic E-state index is 0.135. The molecule has 1 atom stereocenters. The Kier molecular flexibility index (Phi) is 5.28. The molecule has 2 heterocycles. The molecule has 5 heteroatoms. The van der Waals surface area contributed by atoms with Gasteiger partial charge in [-0.15, -0.1) is 0 Å². The largest absolute Gasteiger partial charge is 0.454 e. The molecule has 4 aromatic rings. The van der Waals surface area contributed by atoms with Crippen LogP contribution in [0.1, 0.15) is 59.2 Å². The number of H-pyrrole nitrogens is 1. The first-order valence-electron chi connectivity index (χ1n) is 11.5. The summed E-state index contributed by atoms with van der Waals surface area (Å²) in [6, 6.07) is 15.3. The first-order chi connectivity index (χ1) is 15.8. The summed E-state index contributed by atoms with van der Waals surface area (Å²) in [4.78, 5) is 34.3. The maximum absolute atomic E-state index is 13.4. The second-order valence-electron chi connectivity index (χ2n) is 9.98. The zero-order chi connectivity index (χ0) is 23.2. The zero-order valence-electron chi connectivity index (χ0n) is 19.3. The molecule has 1 N–H and O–H groups in total. The lowest BCUT2D eigenvalue weighted by molar-refractivity contribution is 0.0474. The van der Waals surface area contributed by atoms with E-state index in [1.165, 1.54) is 0 Å². The lowest BCUT2D eigenvalue weighted by Gasteiger charge is -2.35. The number of aromatic amines is 1. The van der Waals surface area contributed by atoms with Crippen molar-refractivity contribution in [3.05, 3.63) is 77.1 Å². The van der Waals surface area contributed by atoms with Crippen LogP contribution in [0.5, 0.6) is 0 Å². The average molecular weight is 441 g/mol. The summed E-state index contributed by atoms with van der Waals surface area (Å²) < 4.78 is 5.63. The van der Waals surface area contributed by atoms with Crippen molar-refractivity contribution in [3.63, 3.8) is 0 Å². The Morgan fingerprint density at radius 2 is 1.79 bits per heavy atom. The Morgan fingerprint density at radius 1 is 1.06 bits per heavy atom. The molecule has 0 saturated heterocycles. The zero-order valence-corrected chi connectivity index (χ0v) is 19.3. The Balaban J connectivity index is 1.47. The summed E-state index contributed by atoms with van der Waals surface area (Å²) >= 11 is 0. The van der Waals surface area contributed by atoms with Crippen molar-refractivity contribution in [2.24, 2.45) is 11.3 Å². The molecule has 1 aliphatic carbocycles. The average Bonchev–Trinajstić information content (AvgIpc) is 3.24. The van der Waals surface area contributed by atoms with Gasteiger partial charge in [0.2, 0.25) is 5.78 Å². The molecule has 0 bridgehead atoms. The van der Waals surface area contributed by atoms with Crippen LogP contribution in [0.4, 0.5) is 0 Å². The Labute approximate surface area is 193 Å². The number of rotatable bonds is 4. The van der Waals surface area contributed by atoms with Crippen LogP contribution in [-0.4, -0.2) is 28.3 Å². The van der Waals surface area contributed by atoms with Gasteiger partial charge in [0, 0.05) is 33.7 Å². The molecule has 0 radical (unpaired) electrons. The number of benzene rings is 2. The molecule has 0 amide bonds. The predicted octanol–water partition coefficient (Wildman–Crippen LogP) is 5.91. The minimum Gasteiger partial charge on any atom is -0.454 e. The van der Waals surface area contributed by atoms with Gasteiger partial charge in [-0.1, -0.05) is 57.2 Å². The highest BCUT2D eigenvalue weighted by atomic mass is 16.5. The number of fused-ring (bicyclic) bond motifs is 3. The van der Waals surface area contributed by atoms with E-state index in [-0.39, 0.29) is 17.8 Å². The van der Waals surface area contributed by atoms with Crippen molar-refractivity contribution in [1.29, 1.82) is 0 Å². The minimum atomic E-state index is -0.451. The van der Waals surface area contributed by atoms with Gasteiger partial charge in [0.15, 0.2) is 6.61 Å². The standard InChI is InChI=1S/C28H28N2O3/c1-28(2,3)17-12-13-24-20(14-17)26(19-9-5-7-11-23(19)30-24)27(32)33-16-25(31)21-15-29-22-10-6-4-8-18(21)22/h4-11,15,17,29H,12-14,16H2,1-3H3. The number of hydrogen-bond donors (Lipinski definition) is 1. The highest BCUT2D eigenvalue weighted by Gasteiger charge is 2.33. The summed E-state index contributed by atoms with van der Waals surface area (Å²) in [5.74, 6) is -0.222. The van der Waals surface area contributed by atoms with Crippen molar-refractivity contribution in [2.45, 2.75) is 40.0 Å². The number of esters is 1. The van der Waals surface area contributed by atoms with E-state index in [4.69, 9.17) is 9.72 Å². The molecule has 1 unspecified atom stereocenters. The summed E-state index contributed by atoms with van der Waals surface area (Å²) in [6.07, 6.45) is 4.36. The van der Waals surface area contributed by atoms with Gasteiger partial charge in [-0.2, -0.15) is 0 Å². The van der Waals surface area contributed by atoms with Gasteiger partial charge in [0.05, 0.1) is 11.1 Å².